The average molecular weight is 278 g/mol. The number of aromatic nitrogens is 1. The predicted molar refractivity (Wildman–Crippen MR) is 67.8 cm³/mol. The molecule has 2 heterocycles. The average Bonchev–Trinajstić information content (AvgIpc) is 2.86. The molecule has 0 saturated carbocycles. The van der Waals surface area contributed by atoms with Crippen LogP contribution >= 0.6 is 11.6 Å². The Morgan fingerprint density at radius 2 is 2.00 bits per heavy atom. The molecule has 1 aliphatic rings. The number of carboxylic acids is 1. The van der Waals surface area contributed by atoms with Crippen molar-refractivity contribution < 1.29 is 19.4 Å². The first-order valence-electron chi connectivity index (χ1n) is 5.44. The van der Waals surface area contributed by atoms with Crippen LogP contribution in [0.4, 0.5) is 0 Å². The molecule has 1 N–H and O–H groups in total. The first kappa shape index (κ1) is 11.8. The fraction of sp³-hybridized carbons (Fsp3) is 0.0769. The van der Waals surface area contributed by atoms with E-state index in [0.717, 1.165) is 5.56 Å². The smallest absolute Gasteiger partial charge is 0.338 e. The molecule has 0 bridgehead atoms. The number of hydrogen-bond donors (Lipinski definition) is 1. The molecule has 0 spiro atoms. The van der Waals surface area contributed by atoms with Gasteiger partial charge in [0.25, 0.3) is 0 Å². The van der Waals surface area contributed by atoms with Crippen molar-refractivity contribution in [3.8, 4) is 22.6 Å². The van der Waals surface area contributed by atoms with Gasteiger partial charge in [0.2, 0.25) is 6.79 Å². The number of carboxylic acid groups (broad SMARTS) is 1. The van der Waals surface area contributed by atoms with Gasteiger partial charge in [-0.15, -0.1) is 0 Å². The van der Waals surface area contributed by atoms with E-state index in [1.165, 1.54) is 12.3 Å². The predicted octanol–water partition coefficient (Wildman–Crippen LogP) is 2.83. The summed E-state index contributed by atoms with van der Waals surface area (Å²) in [7, 11) is 0. The van der Waals surface area contributed by atoms with Crippen LogP contribution in [0.25, 0.3) is 11.1 Å². The van der Waals surface area contributed by atoms with Gasteiger partial charge >= 0.3 is 5.97 Å². The molecule has 96 valence electrons. The lowest BCUT2D eigenvalue weighted by atomic mass is 10.1. The number of hydrogen-bond acceptors (Lipinski definition) is 4. The minimum absolute atomic E-state index is 0.0306. The third kappa shape index (κ3) is 2.08. The zero-order valence-electron chi connectivity index (χ0n) is 9.59. The summed E-state index contributed by atoms with van der Waals surface area (Å²) < 4.78 is 10.5. The Hall–Kier alpha value is -2.27. The summed E-state index contributed by atoms with van der Waals surface area (Å²) in [5.74, 6) is 0.188. The van der Waals surface area contributed by atoms with E-state index in [0.29, 0.717) is 17.1 Å². The summed E-state index contributed by atoms with van der Waals surface area (Å²) in [6, 6.07) is 6.84. The number of ether oxygens (including phenoxy) is 2. The number of carbonyl (C=O) groups is 1. The molecule has 1 aliphatic heterocycles. The van der Waals surface area contributed by atoms with E-state index in [4.69, 9.17) is 26.2 Å². The molecule has 0 unspecified atom stereocenters. The van der Waals surface area contributed by atoms with Gasteiger partial charge in [-0.2, -0.15) is 0 Å². The van der Waals surface area contributed by atoms with Crippen molar-refractivity contribution in [2.75, 3.05) is 6.79 Å². The maximum absolute atomic E-state index is 11.0. The summed E-state index contributed by atoms with van der Waals surface area (Å²) in [4.78, 5) is 14.9. The van der Waals surface area contributed by atoms with Crippen LogP contribution in [0.2, 0.25) is 5.15 Å². The number of fused-ring (bicyclic) bond motifs is 1. The number of benzene rings is 1. The van der Waals surface area contributed by atoms with Crippen LogP contribution in [-0.2, 0) is 0 Å². The number of rotatable bonds is 2. The standard InChI is InChI=1S/C13H8ClNO4/c14-12-9(13(16)17)3-8(5-15-12)7-1-2-10-11(4-7)19-6-18-10/h1-5H,6H2,(H,16,17). The summed E-state index contributed by atoms with van der Waals surface area (Å²) in [5.41, 5.74) is 1.41. The van der Waals surface area contributed by atoms with Crippen molar-refractivity contribution in [1.82, 2.24) is 4.98 Å². The van der Waals surface area contributed by atoms with E-state index in [2.05, 4.69) is 4.98 Å². The minimum atomic E-state index is -1.11. The van der Waals surface area contributed by atoms with E-state index < -0.39 is 5.97 Å². The molecule has 6 heteroatoms. The zero-order chi connectivity index (χ0) is 13.4. The molecule has 19 heavy (non-hydrogen) atoms. The van der Waals surface area contributed by atoms with Crippen LogP contribution in [0.1, 0.15) is 10.4 Å². The normalized spacial score (nSPS) is 12.5. The molecule has 2 aromatic rings. The molecular weight excluding hydrogens is 270 g/mol. The van der Waals surface area contributed by atoms with Crippen LogP contribution in [0.3, 0.4) is 0 Å². The van der Waals surface area contributed by atoms with Crippen LogP contribution in [0.15, 0.2) is 30.5 Å². The summed E-state index contributed by atoms with van der Waals surface area (Å²) in [5, 5.41) is 8.99. The molecule has 0 aliphatic carbocycles. The van der Waals surface area contributed by atoms with Crippen LogP contribution in [-0.4, -0.2) is 22.9 Å². The molecule has 3 rings (SSSR count). The summed E-state index contributed by atoms with van der Waals surface area (Å²) >= 11 is 5.74. The molecule has 1 aromatic carbocycles. The van der Waals surface area contributed by atoms with Crippen molar-refractivity contribution in [2.24, 2.45) is 0 Å². The highest BCUT2D eigenvalue weighted by molar-refractivity contribution is 6.32. The van der Waals surface area contributed by atoms with E-state index in [-0.39, 0.29) is 17.5 Å². The second-order valence-corrected chi connectivity index (χ2v) is 4.29. The quantitative estimate of drug-likeness (QED) is 0.855. The van der Waals surface area contributed by atoms with Crippen molar-refractivity contribution in [3.63, 3.8) is 0 Å². The largest absolute Gasteiger partial charge is 0.478 e. The van der Waals surface area contributed by atoms with Gasteiger partial charge in [-0.25, -0.2) is 9.78 Å². The zero-order valence-corrected chi connectivity index (χ0v) is 10.3. The van der Waals surface area contributed by atoms with Gasteiger partial charge < -0.3 is 14.6 Å². The summed E-state index contributed by atoms with van der Waals surface area (Å²) in [6.07, 6.45) is 1.52. The minimum Gasteiger partial charge on any atom is -0.478 e. The number of aromatic carboxylic acids is 1. The molecule has 0 amide bonds. The highest BCUT2D eigenvalue weighted by Gasteiger charge is 2.16. The van der Waals surface area contributed by atoms with Crippen LogP contribution in [0, 0.1) is 0 Å². The fourth-order valence-electron chi connectivity index (χ4n) is 1.83. The third-order valence-corrected chi connectivity index (χ3v) is 3.08. The highest BCUT2D eigenvalue weighted by atomic mass is 35.5. The molecule has 1 aromatic heterocycles. The first-order valence-corrected chi connectivity index (χ1v) is 5.82. The second kappa shape index (κ2) is 4.44. The molecule has 5 nitrogen and oxygen atoms in total. The Morgan fingerprint density at radius 1 is 1.21 bits per heavy atom. The molecule has 0 radical (unpaired) electrons. The van der Waals surface area contributed by atoms with Gasteiger partial charge in [-0.1, -0.05) is 17.7 Å². The van der Waals surface area contributed by atoms with Gasteiger partial charge in [0.1, 0.15) is 5.15 Å². The van der Waals surface area contributed by atoms with Gasteiger partial charge in [-0.3, -0.25) is 0 Å². The van der Waals surface area contributed by atoms with Gasteiger partial charge in [0, 0.05) is 11.8 Å². The Balaban J connectivity index is 2.07. The first-order chi connectivity index (χ1) is 9.15. The highest BCUT2D eigenvalue weighted by Crippen LogP contribution is 2.36. The Bertz CT molecular complexity index is 672. The lowest BCUT2D eigenvalue weighted by Gasteiger charge is -2.05. The molecular formula is C13H8ClNO4. The maximum Gasteiger partial charge on any atom is 0.338 e. The SMILES string of the molecule is O=C(O)c1cc(-c2ccc3c(c2)OCO3)cnc1Cl. The molecule has 0 saturated heterocycles. The van der Waals surface area contributed by atoms with Crippen LogP contribution in [0.5, 0.6) is 11.5 Å². The summed E-state index contributed by atoms with van der Waals surface area (Å²) in [6.45, 7) is 0.192. The van der Waals surface area contributed by atoms with Crippen LogP contribution < -0.4 is 9.47 Å². The second-order valence-electron chi connectivity index (χ2n) is 3.94. The lowest BCUT2D eigenvalue weighted by Crippen LogP contribution is -1.99. The molecule has 0 fully saturated rings. The van der Waals surface area contributed by atoms with E-state index >= 15 is 0 Å². The van der Waals surface area contributed by atoms with E-state index in [9.17, 15) is 4.79 Å². The number of halogens is 1. The van der Waals surface area contributed by atoms with Crippen molar-refractivity contribution >= 4 is 17.6 Å². The maximum atomic E-state index is 11.0. The van der Waals surface area contributed by atoms with E-state index in [1.807, 2.05) is 6.07 Å². The lowest BCUT2D eigenvalue weighted by molar-refractivity contribution is 0.0696. The molecule has 0 atom stereocenters. The van der Waals surface area contributed by atoms with Gasteiger partial charge in [0.05, 0.1) is 5.56 Å². The Kier molecular flexibility index (Phi) is 2.76. The van der Waals surface area contributed by atoms with E-state index in [1.54, 1.807) is 12.1 Å². The number of nitrogens with zero attached hydrogens (tertiary/aromatic N) is 1. The Morgan fingerprint density at radius 3 is 2.79 bits per heavy atom. The number of pyridine rings is 1. The Labute approximate surface area is 113 Å². The van der Waals surface area contributed by atoms with Crippen molar-refractivity contribution in [1.29, 1.82) is 0 Å². The topological polar surface area (TPSA) is 68.7 Å². The fourth-order valence-corrected chi connectivity index (χ4v) is 2.02. The van der Waals surface area contributed by atoms with Crippen molar-refractivity contribution in [2.45, 2.75) is 0 Å². The third-order valence-electron chi connectivity index (χ3n) is 2.78. The monoisotopic (exact) mass is 277 g/mol. The van der Waals surface area contributed by atoms with Gasteiger partial charge in [0.15, 0.2) is 11.5 Å². The van der Waals surface area contributed by atoms with Crippen molar-refractivity contribution in [3.05, 3.63) is 41.2 Å². The van der Waals surface area contributed by atoms with Gasteiger partial charge in [-0.05, 0) is 23.8 Å².